The van der Waals surface area contributed by atoms with Crippen LogP contribution in [0.2, 0.25) is 0 Å². The normalized spacial score (nSPS) is 13.4. The molecular weight excluding hydrogens is 645 g/mol. The van der Waals surface area contributed by atoms with Gasteiger partial charge in [-0.2, -0.15) is 0 Å². The number of fused-ring (bicyclic) bond motifs is 13. The highest BCUT2D eigenvalue weighted by Crippen LogP contribution is 2.63. The number of aromatic nitrogens is 1. The van der Waals surface area contributed by atoms with E-state index in [1.54, 1.807) is 0 Å². The first kappa shape index (κ1) is 28.7. The summed E-state index contributed by atoms with van der Waals surface area (Å²) in [5.74, 6) is 1.49. The van der Waals surface area contributed by atoms with Crippen molar-refractivity contribution in [2.75, 3.05) is 4.90 Å². The van der Waals surface area contributed by atoms with E-state index in [1.807, 2.05) is 0 Å². The Morgan fingerprint density at radius 2 is 0.943 bits per heavy atom. The Balaban J connectivity index is 1.01. The molecule has 0 radical (unpaired) electrons. The molecule has 3 nitrogen and oxygen atoms in total. The first-order chi connectivity index (χ1) is 26.3. The monoisotopic (exact) mass is 674 g/mol. The highest BCUT2D eigenvalue weighted by molar-refractivity contribution is 6.13. The molecule has 0 N–H and O–H groups in total. The number of oxazole rings is 1. The van der Waals surface area contributed by atoms with E-state index in [0.717, 1.165) is 45.2 Å². The Morgan fingerprint density at radius 3 is 1.60 bits per heavy atom. The number of nitrogens with zero attached hydrogens (tertiary/aromatic N) is 2. The SMILES string of the molecule is c1ccc(N(c2ccc(-c3nc4c(o3)-c3cccc5cccc-4c35)cc2)c2ccc3c(c2)C2(c4ccccc4-c4ccccc42)c2ccccc2-3)cc1. The van der Waals surface area contributed by atoms with Crippen molar-refractivity contribution >= 4 is 27.8 Å². The van der Waals surface area contributed by atoms with Gasteiger partial charge >= 0.3 is 0 Å². The van der Waals surface area contributed by atoms with Gasteiger partial charge in [-0.1, -0.05) is 133 Å². The molecule has 0 saturated carbocycles. The molecule has 3 aliphatic rings. The fraction of sp³-hybridized carbons (Fsp3) is 0.0200. The number of hydrogen-bond acceptors (Lipinski definition) is 3. The summed E-state index contributed by atoms with van der Waals surface area (Å²) in [5.41, 5.74) is 17.5. The van der Waals surface area contributed by atoms with Crippen molar-refractivity contribution < 1.29 is 4.42 Å². The molecule has 0 fully saturated rings. The third-order valence-corrected chi connectivity index (χ3v) is 11.7. The molecule has 1 aromatic heterocycles. The van der Waals surface area contributed by atoms with Crippen molar-refractivity contribution in [3.63, 3.8) is 0 Å². The first-order valence-corrected chi connectivity index (χ1v) is 18.2. The van der Waals surface area contributed by atoms with E-state index in [-0.39, 0.29) is 0 Å². The lowest BCUT2D eigenvalue weighted by Gasteiger charge is -2.32. The number of benzene rings is 8. The van der Waals surface area contributed by atoms with Gasteiger partial charge in [0.15, 0.2) is 5.76 Å². The molecule has 1 spiro atoms. The highest BCUT2D eigenvalue weighted by Gasteiger charge is 2.51. The molecular formula is C50H30N2O. The lowest BCUT2D eigenvalue weighted by atomic mass is 9.70. The van der Waals surface area contributed by atoms with Crippen LogP contribution in [0.25, 0.3) is 67.1 Å². The Labute approximate surface area is 307 Å². The summed E-state index contributed by atoms with van der Waals surface area (Å²) >= 11 is 0. The second kappa shape index (κ2) is 10.5. The average molecular weight is 675 g/mol. The fourth-order valence-electron chi connectivity index (χ4n) is 9.54. The summed E-state index contributed by atoms with van der Waals surface area (Å²) in [6, 6.07) is 66.0. The highest BCUT2D eigenvalue weighted by atomic mass is 16.4. The van der Waals surface area contributed by atoms with E-state index in [4.69, 9.17) is 9.40 Å². The molecule has 53 heavy (non-hydrogen) atoms. The van der Waals surface area contributed by atoms with E-state index >= 15 is 0 Å². The van der Waals surface area contributed by atoms with Crippen LogP contribution in [0.15, 0.2) is 186 Å². The minimum atomic E-state index is -0.407. The van der Waals surface area contributed by atoms with Gasteiger partial charge in [-0.25, -0.2) is 4.98 Å². The molecule has 0 atom stereocenters. The summed E-state index contributed by atoms with van der Waals surface area (Å²) in [6.07, 6.45) is 0. The van der Waals surface area contributed by atoms with Gasteiger partial charge in [-0.15, -0.1) is 0 Å². The van der Waals surface area contributed by atoms with Gasteiger partial charge in [0.1, 0.15) is 5.69 Å². The molecule has 12 rings (SSSR count). The van der Waals surface area contributed by atoms with Crippen molar-refractivity contribution in [1.82, 2.24) is 4.98 Å². The lowest BCUT2D eigenvalue weighted by molar-refractivity contribution is 0.590. The van der Waals surface area contributed by atoms with Crippen molar-refractivity contribution in [3.8, 4) is 56.3 Å². The zero-order chi connectivity index (χ0) is 34.7. The van der Waals surface area contributed by atoms with Gasteiger partial charge in [-0.05, 0) is 98.4 Å². The molecule has 8 aromatic carbocycles. The topological polar surface area (TPSA) is 29.3 Å². The van der Waals surface area contributed by atoms with Crippen LogP contribution in [0, 0.1) is 0 Å². The lowest BCUT2D eigenvalue weighted by Crippen LogP contribution is -2.26. The molecule has 9 aromatic rings. The molecule has 0 bridgehead atoms. The number of anilines is 3. The maximum absolute atomic E-state index is 6.52. The van der Waals surface area contributed by atoms with E-state index in [0.29, 0.717) is 5.89 Å². The molecule has 0 saturated heterocycles. The van der Waals surface area contributed by atoms with E-state index in [1.165, 1.54) is 55.3 Å². The minimum absolute atomic E-state index is 0.407. The Bertz CT molecular complexity index is 2840. The zero-order valence-corrected chi connectivity index (χ0v) is 28.6. The fourth-order valence-corrected chi connectivity index (χ4v) is 9.54. The van der Waals surface area contributed by atoms with Crippen molar-refractivity contribution in [1.29, 1.82) is 0 Å². The molecule has 1 heterocycles. The Kier molecular flexibility index (Phi) is 5.70. The third kappa shape index (κ3) is 3.75. The molecule has 3 heteroatoms. The minimum Gasteiger partial charge on any atom is -0.435 e. The van der Waals surface area contributed by atoms with Gasteiger partial charge in [0.05, 0.1) is 5.41 Å². The summed E-state index contributed by atoms with van der Waals surface area (Å²) in [4.78, 5) is 7.41. The van der Waals surface area contributed by atoms with Crippen LogP contribution in [-0.2, 0) is 5.41 Å². The van der Waals surface area contributed by atoms with Crippen molar-refractivity contribution in [2.45, 2.75) is 5.41 Å². The van der Waals surface area contributed by atoms with Gasteiger partial charge in [0.2, 0.25) is 5.89 Å². The van der Waals surface area contributed by atoms with Crippen molar-refractivity contribution in [3.05, 3.63) is 204 Å². The van der Waals surface area contributed by atoms with Crippen molar-refractivity contribution in [2.24, 2.45) is 0 Å². The Morgan fingerprint density at radius 1 is 0.415 bits per heavy atom. The van der Waals surface area contributed by atoms with Crippen LogP contribution in [0.4, 0.5) is 17.1 Å². The first-order valence-electron chi connectivity index (χ1n) is 18.2. The molecule has 0 amide bonds. The third-order valence-electron chi connectivity index (χ3n) is 11.7. The maximum atomic E-state index is 6.52. The summed E-state index contributed by atoms with van der Waals surface area (Å²) in [5, 5.41) is 2.43. The average Bonchev–Trinajstić information content (AvgIpc) is 3.95. The molecule has 3 aliphatic carbocycles. The number of para-hydroxylation sites is 1. The van der Waals surface area contributed by atoms with Crippen LogP contribution >= 0.6 is 0 Å². The quantitative estimate of drug-likeness (QED) is 0.186. The van der Waals surface area contributed by atoms with E-state index in [2.05, 4.69) is 187 Å². The van der Waals surface area contributed by atoms with Gasteiger partial charge < -0.3 is 9.32 Å². The summed E-state index contributed by atoms with van der Waals surface area (Å²) < 4.78 is 6.52. The van der Waals surface area contributed by atoms with Crippen LogP contribution < -0.4 is 4.90 Å². The predicted octanol–water partition coefficient (Wildman–Crippen LogP) is 13.0. The smallest absolute Gasteiger partial charge is 0.227 e. The molecule has 0 unspecified atom stereocenters. The number of rotatable bonds is 4. The Hall–Kier alpha value is -6.97. The zero-order valence-electron chi connectivity index (χ0n) is 28.6. The second-order valence-electron chi connectivity index (χ2n) is 14.2. The predicted molar refractivity (Wildman–Crippen MR) is 215 cm³/mol. The summed E-state index contributed by atoms with van der Waals surface area (Å²) in [6.45, 7) is 0. The van der Waals surface area contributed by atoms with Crippen LogP contribution in [0.5, 0.6) is 0 Å². The van der Waals surface area contributed by atoms with Crippen LogP contribution in [-0.4, -0.2) is 4.98 Å². The second-order valence-corrected chi connectivity index (χ2v) is 14.2. The van der Waals surface area contributed by atoms with Gasteiger partial charge in [-0.3, -0.25) is 0 Å². The molecule has 0 aliphatic heterocycles. The molecule has 246 valence electrons. The summed E-state index contributed by atoms with van der Waals surface area (Å²) in [7, 11) is 0. The van der Waals surface area contributed by atoms with E-state index < -0.39 is 5.41 Å². The van der Waals surface area contributed by atoms with Crippen LogP contribution in [0.3, 0.4) is 0 Å². The van der Waals surface area contributed by atoms with Crippen LogP contribution in [0.1, 0.15) is 22.3 Å². The van der Waals surface area contributed by atoms with Gasteiger partial charge in [0, 0.05) is 39.1 Å². The number of hydrogen-bond donors (Lipinski definition) is 0. The van der Waals surface area contributed by atoms with Gasteiger partial charge in [0.25, 0.3) is 0 Å². The standard InChI is InChI=1S/C50H30N2O/c1-2-14-33(15-3-1)52(34-26-24-32(25-27-34)49-51-47-40-19-10-12-31-13-11-20-41(46(31)40)48(47)53-49)35-28-29-39-38-18-6-9-23-44(38)50(45(39)30-35)42-21-7-4-16-36(42)37-17-5-8-22-43(37)50/h1-30H. The maximum Gasteiger partial charge on any atom is 0.227 e. The van der Waals surface area contributed by atoms with E-state index in [9.17, 15) is 0 Å². The largest absolute Gasteiger partial charge is 0.435 e.